The lowest BCUT2D eigenvalue weighted by molar-refractivity contribution is -0.268. The van der Waals surface area contributed by atoms with Crippen molar-refractivity contribution in [3.63, 3.8) is 0 Å². The van der Waals surface area contributed by atoms with Crippen LogP contribution >= 0.6 is 0 Å². The smallest absolute Gasteiger partial charge is 0.872 e. The summed E-state index contributed by atoms with van der Waals surface area (Å²) < 4.78 is 70.0. The second kappa shape index (κ2) is 14.7. The van der Waals surface area contributed by atoms with E-state index in [0.29, 0.717) is 33.4 Å². The first-order chi connectivity index (χ1) is 23.7. The van der Waals surface area contributed by atoms with E-state index in [0.717, 1.165) is 0 Å². The summed E-state index contributed by atoms with van der Waals surface area (Å²) >= 11 is 0. The average molecular weight is 707 g/mol. The Hall–Kier alpha value is -5.92. The van der Waals surface area contributed by atoms with Crippen LogP contribution in [-0.4, -0.2) is 42.6 Å². The largest absolute Gasteiger partial charge is 1.00 e. The highest BCUT2D eigenvalue weighted by Crippen LogP contribution is 2.35. The lowest BCUT2D eigenvalue weighted by atomic mass is 9.91. The number of carbonyl (C=O) groups excluding carboxylic acids is 2. The molecule has 2 aliphatic rings. The summed E-state index contributed by atoms with van der Waals surface area (Å²) in [5.74, 6) is -0.508. The molecule has 1 N–H and O–H groups in total. The number of phenolic OH excluding ortho intramolecular Hbond substituents is 1. The predicted molar refractivity (Wildman–Crippen MR) is 183 cm³/mol. The number of carbonyl (C=O) groups is 2. The highest BCUT2D eigenvalue weighted by atomic mass is 32.2. The lowest BCUT2D eigenvalue weighted by Crippen LogP contribution is -2.05. The van der Waals surface area contributed by atoms with E-state index in [2.05, 4.69) is 0 Å². The van der Waals surface area contributed by atoms with Crippen LogP contribution in [0.5, 0.6) is 11.5 Å². The van der Waals surface area contributed by atoms with Gasteiger partial charge in [-0.3, -0.25) is 9.59 Å². The minimum absolute atomic E-state index is 0. The van der Waals surface area contributed by atoms with Crippen molar-refractivity contribution >= 4 is 42.9 Å². The van der Waals surface area contributed by atoms with Gasteiger partial charge in [-0.2, -0.15) is 0 Å². The van der Waals surface area contributed by atoms with Gasteiger partial charge in [-0.05, 0) is 82.0 Å². The van der Waals surface area contributed by atoms with Crippen molar-refractivity contribution in [1.82, 2.24) is 0 Å². The number of benzene rings is 4. The molecule has 4 aromatic rings. The van der Waals surface area contributed by atoms with E-state index in [9.17, 15) is 45.7 Å². The summed E-state index contributed by atoms with van der Waals surface area (Å²) in [5, 5.41) is 20.9. The number of allylic oxidation sites excluding steroid dienone is 10. The van der Waals surface area contributed by atoms with E-state index < -0.39 is 20.2 Å². The molecule has 0 unspecified atom stereocenters. The standard InChI is InChI=1S/2C19H14O5S/c2*20-15-9-5-13(6-10-15)19(14-7-11-16(21)12-8-14)17-3-1-2-4-18(17)25(22,23)24/h2*1-12,20H,(H,22,23,24)/p-2. The zero-order chi connectivity index (χ0) is 36.1. The number of aromatic hydroxyl groups is 1. The van der Waals surface area contributed by atoms with Crippen LogP contribution in [0.1, 0.15) is 23.7 Å². The molecule has 12 heteroatoms. The second-order valence-corrected chi connectivity index (χ2v) is 13.5. The molecule has 0 radical (unpaired) electrons. The molecule has 2 aliphatic carbocycles. The van der Waals surface area contributed by atoms with Gasteiger partial charge in [0.15, 0.2) is 11.6 Å². The molecule has 0 aromatic heterocycles. The summed E-state index contributed by atoms with van der Waals surface area (Å²) in [5.41, 5.74) is 3.71. The van der Waals surface area contributed by atoms with E-state index in [1.54, 1.807) is 60.7 Å². The monoisotopic (exact) mass is 706 g/mol. The van der Waals surface area contributed by atoms with Gasteiger partial charge in [0.1, 0.15) is 26.0 Å². The predicted octanol–water partition coefficient (Wildman–Crippen LogP) is 5.07. The quantitative estimate of drug-likeness (QED) is 0.265. The Balaban J connectivity index is 0.000000224. The third kappa shape index (κ3) is 8.38. The van der Waals surface area contributed by atoms with Crippen LogP contribution in [0.2, 0.25) is 0 Å². The van der Waals surface area contributed by atoms with Crippen molar-refractivity contribution in [3.05, 3.63) is 179 Å². The Morgan fingerprint density at radius 2 is 0.840 bits per heavy atom. The van der Waals surface area contributed by atoms with Crippen molar-refractivity contribution in [2.24, 2.45) is 0 Å². The van der Waals surface area contributed by atoms with Gasteiger partial charge in [0.2, 0.25) is 0 Å². The van der Waals surface area contributed by atoms with Crippen LogP contribution in [0.3, 0.4) is 0 Å². The number of hydrogen-bond donors (Lipinski definition) is 1. The highest BCUT2D eigenvalue weighted by Gasteiger charge is 2.19. The van der Waals surface area contributed by atoms with Gasteiger partial charge < -0.3 is 19.3 Å². The van der Waals surface area contributed by atoms with Gasteiger partial charge in [-0.1, -0.05) is 97.1 Å². The Kier molecular flexibility index (Phi) is 10.4. The van der Waals surface area contributed by atoms with Crippen molar-refractivity contribution < 1.29 is 47.2 Å². The molecular formula is C38H26O10S2-2. The summed E-state index contributed by atoms with van der Waals surface area (Å²) in [6.07, 6.45) is 11.7. The Labute approximate surface area is 289 Å². The van der Waals surface area contributed by atoms with Crippen molar-refractivity contribution in [2.75, 3.05) is 0 Å². The molecule has 0 heterocycles. The Morgan fingerprint density at radius 3 is 1.20 bits per heavy atom. The minimum atomic E-state index is -4.71. The number of phenols is 1. The van der Waals surface area contributed by atoms with Gasteiger partial charge in [-0.15, -0.1) is 5.75 Å². The van der Waals surface area contributed by atoms with Gasteiger partial charge in [0.25, 0.3) is 0 Å². The van der Waals surface area contributed by atoms with Crippen molar-refractivity contribution in [3.8, 4) is 11.5 Å². The molecule has 4 aromatic carbocycles. The summed E-state index contributed by atoms with van der Waals surface area (Å²) in [6, 6.07) is 23.7. The van der Waals surface area contributed by atoms with E-state index in [4.69, 9.17) is 0 Å². The highest BCUT2D eigenvalue weighted by molar-refractivity contribution is 7.86. The van der Waals surface area contributed by atoms with Crippen LogP contribution in [0, 0.1) is 0 Å². The van der Waals surface area contributed by atoms with E-state index >= 15 is 0 Å². The number of rotatable bonds is 6. The average Bonchev–Trinajstić information content (AvgIpc) is 3.08. The fourth-order valence-electron chi connectivity index (χ4n) is 5.23. The maximum atomic E-state index is 11.7. The topological polar surface area (TPSA) is 192 Å². The molecule has 0 saturated heterocycles. The molecule has 0 saturated carbocycles. The van der Waals surface area contributed by atoms with Crippen LogP contribution in [0.15, 0.2) is 167 Å². The zero-order valence-electron chi connectivity index (χ0n) is 26.8. The molecule has 0 amide bonds. The molecule has 252 valence electrons. The third-order valence-corrected chi connectivity index (χ3v) is 9.23. The van der Waals surface area contributed by atoms with Gasteiger partial charge in [0.05, 0.1) is 9.79 Å². The molecular weight excluding hydrogens is 681 g/mol. The molecule has 0 spiro atoms. The van der Waals surface area contributed by atoms with Crippen LogP contribution in [0.25, 0.3) is 11.1 Å². The summed E-state index contributed by atoms with van der Waals surface area (Å²) in [6.45, 7) is 0. The SMILES string of the molecule is O=C1C=CC(=C(c2ccc(O)cc2)c2ccccc2S(=O)(=O)[O-])C=C1.O=C1C=CC(=C(c2ccc([O-])cc2)c2ccccc2S(=O)(=O)[O-])C=C1.[H+]. The van der Waals surface area contributed by atoms with E-state index in [1.807, 2.05) is 0 Å². The molecule has 0 fully saturated rings. The fourth-order valence-corrected chi connectivity index (χ4v) is 6.60. The van der Waals surface area contributed by atoms with Crippen LogP contribution in [-0.2, 0) is 29.8 Å². The molecule has 6 rings (SSSR count). The fraction of sp³-hybridized carbons (Fsp3) is 0. The maximum Gasteiger partial charge on any atom is 1.00 e. The molecule has 0 bridgehead atoms. The molecule has 10 nitrogen and oxygen atoms in total. The Bertz CT molecular complexity index is 2190. The van der Waals surface area contributed by atoms with Gasteiger partial charge in [0, 0.05) is 11.1 Å². The molecule has 0 aliphatic heterocycles. The molecule has 0 atom stereocenters. The zero-order valence-corrected chi connectivity index (χ0v) is 27.4. The Morgan fingerprint density at radius 1 is 0.500 bits per heavy atom. The number of hydrogen-bond acceptors (Lipinski definition) is 10. The van der Waals surface area contributed by atoms with Crippen molar-refractivity contribution in [2.45, 2.75) is 9.79 Å². The van der Waals surface area contributed by atoms with Gasteiger partial charge in [-0.25, -0.2) is 16.8 Å². The number of ketones is 2. The van der Waals surface area contributed by atoms with E-state index in [1.165, 1.54) is 85.0 Å². The first kappa shape index (κ1) is 35.4. The lowest BCUT2D eigenvalue weighted by Gasteiger charge is -2.19. The second-order valence-electron chi connectivity index (χ2n) is 10.8. The normalized spacial score (nSPS) is 14.0. The first-order valence-corrected chi connectivity index (χ1v) is 17.5. The minimum Gasteiger partial charge on any atom is -0.872 e. The third-order valence-electron chi connectivity index (χ3n) is 7.44. The first-order valence-electron chi connectivity index (χ1n) is 14.7. The van der Waals surface area contributed by atoms with Crippen LogP contribution in [0.4, 0.5) is 0 Å². The van der Waals surface area contributed by atoms with Crippen molar-refractivity contribution in [1.29, 1.82) is 0 Å². The maximum absolute atomic E-state index is 11.7. The van der Waals surface area contributed by atoms with Gasteiger partial charge >= 0.3 is 1.43 Å². The summed E-state index contributed by atoms with van der Waals surface area (Å²) in [7, 11) is -9.40. The van der Waals surface area contributed by atoms with Crippen LogP contribution < -0.4 is 5.11 Å². The summed E-state index contributed by atoms with van der Waals surface area (Å²) in [4.78, 5) is 22.1. The van der Waals surface area contributed by atoms with E-state index in [-0.39, 0.29) is 45.4 Å². The molecule has 50 heavy (non-hydrogen) atoms.